The van der Waals surface area contributed by atoms with Gasteiger partial charge < -0.3 is 9.59 Å². The summed E-state index contributed by atoms with van der Waals surface area (Å²) in [5, 5.41) is 8.39. The van der Waals surface area contributed by atoms with E-state index < -0.39 is 35.2 Å². The lowest BCUT2D eigenvalue weighted by molar-refractivity contribution is -0.870. The molecule has 0 saturated carbocycles. The third-order valence-corrected chi connectivity index (χ3v) is 4.57. The summed E-state index contributed by atoms with van der Waals surface area (Å²) in [6.07, 6.45) is 0. The van der Waals surface area contributed by atoms with Gasteiger partial charge in [-0.1, -0.05) is 4.13 Å². The fourth-order valence-electron chi connectivity index (χ4n) is 0.539. The molecule has 0 amide bonds. The van der Waals surface area contributed by atoms with Crippen LogP contribution in [0.5, 0.6) is 0 Å². The lowest BCUT2D eigenvalue weighted by Gasteiger charge is -2.21. The van der Waals surface area contributed by atoms with Gasteiger partial charge in [0.1, 0.15) is 6.54 Å². The van der Waals surface area contributed by atoms with Crippen molar-refractivity contribution in [3.05, 3.63) is 0 Å². The van der Waals surface area contributed by atoms with Crippen LogP contribution in [0, 0.1) is 0 Å². The monoisotopic (exact) mass is 385 g/mol. The summed E-state index contributed by atoms with van der Waals surface area (Å²) < 4.78 is 109. The normalized spacial score (nSPS) is 14.3. The Morgan fingerprint density at radius 1 is 0.864 bits per heavy atom. The van der Waals surface area contributed by atoms with Crippen molar-refractivity contribution in [1.29, 1.82) is 0 Å². The second kappa shape index (κ2) is 7.29. The Morgan fingerprint density at radius 2 is 1.14 bits per heavy atom. The smallest absolute Gasteiger partial charge is 0.391 e. The standard InChI is InChI=1S/C5H14NO.C2HF6NO4S2/c1-6(2,3)4-5-7;3-1(4,5)14(10,11)9-15(12,13)2(6,7)8/h7H,4-5H2,1-3H3;9H/q+1;. The molecule has 0 aromatic rings. The molecule has 0 unspecified atom stereocenters. The second-order valence-electron chi connectivity index (χ2n) is 4.72. The van der Waals surface area contributed by atoms with Crippen LogP contribution in [0.2, 0.25) is 0 Å². The minimum Gasteiger partial charge on any atom is -0.391 e. The molecule has 0 atom stereocenters. The summed E-state index contributed by atoms with van der Waals surface area (Å²) >= 11 is 0. The van der Waals surface area contributed by atoms with Crippen molar-refractivity contribution >= 4 is 20.0 Å². The predicted molar refractivity (Wildman–Crippen MR) is 63.1 cm³/mol. The minimum atomic E-state index is -6.60. The molecule has 0 rings (SSSR count). The first-order valence-corrected chi connectivity index (χ1v) is 8.06. The molecule has 0 bridgehead atoms. The SMILES string of the molecule is C[N+](C)(C)CCO.O=S(=O)(NS(=O)(=O)C(F)(F)F)C(F)(F)F. The van der Waals surface area contributed by atoms with Gasteiger partial charge in [0.2, 0.25) is 0 Å². The zero-order valence-electron chi connectivity index (χ0n) is 11.5. The van der Waals surface area contributed by atoms with E-state index in [4.69, 9.17) is 5.11 Å². The fourth-order valence-corrected chi connectivity index (χ4v) is 2.45. The third kappa shape index (κ3) is 8.72. The molecule has 0 aromatic heterocycles. The summed E-state index contributed by atoms with van der Waals surface area (Å²) in [4.78, 5) is 0. The van der Waals surface area contributed by atoms with Crippen LogP contribution >= 0.6 is 0 Å². The quantitative estimate of drug-likeness (QED) is 0.523. The first-order chi connectivity index (χ1) is 9.27. The van der Waals surface area contributed by atoms with Crippen LogP contribution < -0.4 is 4.13 Å². The van der Waals surface area contributed by atoms with E-state index in [-0.39, 0.29) is 6.61 Å². The third-order valence-electron chi connectivity index (χ3n) is 1.60. The Morgan fingerprint density at radius 3 is 1.23 bits per heavy atom. The molecule has 22 heavy (non-hydrogen) atoms. The average Bonchev–Trinajstić information content (AvgIpc) is 2.10. The highest BCUT2D eigenvalue weighted by Gasteiger charge is 2.55. The molecule has 136 valence electrons. The van der Waals surface area contributed by atoms with E-state index in [1.807, 2.05) is 0 Å². The second-order valence-corrected chi connectivity index (χ2v) is 8.33. The van der Waals surface area contributed by atoms with Gasteiger partial charge in [-0.05, 0) is 0 Å². The lowest BCUT2D eigenvalue weighted by Crippen LogP contribution is -2.45. The first kappa shape index (κ1) is 23.6. The van der Waals surface area contributed by atoms with Gasteiger partial charge in [-0.25, -0.2) is 16.8 Å². The maximum atomic E-state index is 11.5. The van der Waals surface area contributed by atoms with Crippen LogP contribution in [0.15, 0.2) is 0 Å². The molecule has 0 spiro atoms. The van der Waals surface area contributed by atoms with Crippen LogP contribution in [0.3, 0.4) is 0 Å². The van der Waals surface area contributed by atoms with Crippen molar-refractivity contribution < 1.29 is 52.8 Å². The molecule has 0 aliphatic carbocycles. The number of quaternary nitrogens is 1. The number of hydrogen-bond donors (Lipinski definition) is 2. The summed E-state index contributed by atoms with van der Waals surface area (Å²) in [6.45, 7) is 1.11. The van der Waals surface area contributed by atoms with Crippen molar-refractivity contribution in [3.63, 3.8) is 0 Å². The number of rotatable bonds is 4. The Balaban J connectivity index is 0. The highest BCUT2D eigenvalue weighted by atomic mass is 32.3. The van der Waals surface area contributed by atoms with E-state index in [9.17, 15) is 43.2 Å². The van der Waals surface area contributed by atoms with E-state index in [1.54, 1.807) is 0 Å². The van der Waals surface area contributed by atoms with Crippen molar-refractivity contribution in [2.75, 3.05) is 34.3 Å². The number of aliphatic hydroxyl groups is 1. The average molecular weight is 385 g/mol. The van der Waals surface area contributed by atoms with Gasteiger partial charge in [0.15, 0.2) is 0 Å². The molecule has 0 aliphatic heterocycles. The molecular formula is C7H15F6N2O5S2+. The van der Waals surface area contributed by atoms with Gasteiger partial charge in [0.25, 0.3) is 0 Å². The Bertz CT molecular complexity index is 503. The van der Waals surface area contributed by atoms with E-state index in [0.717, 1.165) is 11.0 Å². The minimum absolute atomic E-state index is 0.281. The van der Waals surface area contributed by atoms with Gasteiger partial charge in [0, 0.05) is 0 Å². The molecular weight excluding hydrogens is 370 g/mol. The molecule has 0 aromatic carbocycles. The fraction of sp³-hybridized carbons (Fsp3) is 1.00. The zero-order valence-corrected chi connectivity index (χ0v) is 13.2. The molecule has 15 heteroatoms. The molecule has 0 radical (unpaired) electrons. The van der Waals surface area contributed by atoms with E-state index >= 15 is 0 Å². The Kier molecular flexibility index (Phi) is 7.83. The van der Waals surface area contributed by atoms with Crippen LogP contribution in [-0.4, -0.2) is 71.7 Å². The molecule has 0 aliphatic rings. The number of hydrogen-bond acceptors (Lipinski definition) is 5. The van der Waals surface area contributed by atoms with Crippen LogP contribution in [0.1, 0.15) is 0 Å². The van der Waals surface area contributed by atoms with Gasteiger partial charge >= 0.3 is 31.1 Å². The van der Waals surface area contributed by atoms with Gasteiger partial charge in [0.05, 0.1) is 27.7 Å². The predicted octanol–water partition coefficient (Wildman–Crippen LogP) is -0.0399. The number of aliphatic hydroxyl groups excluding tert-OH is 1. The molecule has 0 fully saturated rings. The Labute approximate surface area is 123 Å². The number of sulfonamides is 2. The van der Waals surface area contributed by atoms with Gasteiger partial charge in [-0.15, -0.1) is 0 Å². The maximum absolute atomic E-state index is 11.5. The Hall–Kier alpha value is -0.640. The van der Waals surface area contributed by atoms with Crippen LogP contribution in [0.4, 0.5) is 26.3 Å². The number of likely N-dealkylation sites (N-methyl/N-ethyl adjacent to an activating group) is 1. The maximum Gasteiger partial charge on any atom is 0.512 e. The van der Waals surface area contributed by atoms with Crippen LogP contribution in [0.25, 0.3) is 0 Å². The summed E-state index contributed by atoms with van der Waals surface area (Å²) in [5.74, 6) is 0. The van der Waals surface area contributed by atoms with Crippen molar-refractivity contribution in [1.82, 2.24) is 4.13 Å². The van der Waals surface area contributed by atoms with Crippen molar-refractivity contribution in [2.24, 2.45) is 0 Å². The highest BCUT2D eigenvalue weighted by molar-refractivity contribution is 8.05. The largest absolute Gasteiger partial charge is 0.512 e. The first-order valence-electron chi connectivity index (χ1n) is 5.09. The summed E-state index contributed by atoms with van der Waals surface area (Å²) in [6, 6.07) is 0. The van der Waals surface area contributed by atoms with Crippen LogP contribution in [-0.2, 0) is 20.0 Å². The van der Waals surface area contributed by atoms with E-state index in [0.29, 0.717) is 0 Å². The summed E-state index contributed by atoms with van der Waals surface area (Å²) in [5.41, 5.74) is -12.3. The number of nitrogens with one attached hydrogen (secondary N) is 1. The van der Waals surface area contributed by atoms with Crippen molar-refractivity contribution in [3.8, 4) is 0 Å². The summed E-state index contributed by atoms with van der Waals surface area (Å²) in [7, 11) is -7.04. The molecule has 7 nitrogen and oxygen atoms in total. The highest BCUT2D eigenvalue weighted by Crippen LogP contribution is 2.27. The molecule has 0 saturated heterocycles. The van der Waals surface area contributed by atoms with Gasteiger partial charge in [-0.3, -0.25) is 0 Å². The topological polar surface area (TPSA) is 101 Å². The number of halogens is 6. The van der Waals surface area contributed by atoms with Gasteiger partial charge in [-0.2, -0.15) is 26.3 Å². The van der Waals surface area contributed by atoms with Crippen molar-refractivity contribution in [2.45, 2.75) is 11.0 Å². The number of nitrogens with zero attached hydrogens (tertiary/aromatic N) is 1. The van der Waals surface area contributed by atoms with E-state index in [1.165, 1.54) is 0 Å². The molecule has 0 heterocycles. The number of alkyl halides is 6. The zero-order chi connectivity index (χ0) is 18.6. The van der Waals surface area contributed by atoms with E-state index in [2.05, 4.69) is 21.1 Å². The molecule has 2 N–H and O–H groups in total. The lowest BCUT2D eigenvalue weighted by atomic mass is 10.5.